The van der Waals surface area contributed by atoms with E-state index in [-0.39, 0.29) is 5.91 Å². The molecule has 0 atom stereocenters. The number of carbonyl (C=O) groups excluding carboxylic acids is 1. The molecule has 0 unspecified atom stereocenters. The predicted molar refractivity (Wildman–Crippen MR) is 128 cm³/mol. The number of hydrogen-bond acceptors (Lipinski definition) is 3. The van der Waals surface area contributed by atoms with Crippen molar-refractivity contribution in [2.75, 3.05) is 7.11 Å². The molecule has 1 amide bonds. The molecule has 1 heterocycles. The number of carbonyl (C=O) groups is 1. The molecule has 0 fully saturated rings. The summed E-state index contributed by atoms with van der Waals surface area (Å²) in [5.74, 6) is 0.134. The number of halogens is 2. The van der Waals surface area contributed by atoms with E-state index >= 15 is 0 Å². The van der Waals surface area contributed by atoms with Gasteiger partial charge >= 0.3 is 0 Å². The van der Waals surface area contributed by atoms with Gasteiger partial charge in [-0.05, 0) is 42.0 Å². The fraction of sp³-hybridized carbons (Fsp3) is 0.0833. The molecule has 0 aliphatic heterocycles. The van der Waals surface area contributed by atoms with Gasteiger partial charge < -0.3 is 9.30 Å². The number of aromatic nitrogens is 1. The number of hydrazone groups is 1. The summed E-state index contributed by atoms with van der Waals surface area (Å²) < 4.78 is 8.20. The van der Waals surface area contributed by atoms with Gasteiger partial charge in [-0.25, -0.2) is 5.43 Å². The Hall–Kier alpha value is -3.09. The van der Waals surface area contributed by atoms with Crippen LogP contribution in [0.1, 0.15) is 21.5 Å². The number of benzene rings is 3. The molecular formula is C24H19BrClN3O2. The number of para-hydroxylation sites is 1. The van der Waals surface area contributed by atoms with Crippen LogP contribution in [0.2, 0.25) is 5.02 Å². The van der Waals surface area contributed by atoms with Crippen molar-refractivity contribution in [3.8, 4) is 5.75 Å². The standard InChI is InChI=1S/C24H19BrClN3O2/c1-31-23-11-8-18(25)12-21(23)24(30)28-27-13-17-15-29(22-5-3-2-4-20(17)22)14-16-6-9-19(26)10-7-16/h2-13,15H,14H2,1H3,(H,28,30)/b27-13-. The molecule has 4 rings (SSSR count). The quantitative estimate of drug-likeness (QED) is 0.268. The number of ether oxygens (including phenoxy) is 1. The summed E-state index contributed by atoms with van der Waals surface area (Å²) in [5, 5.41) is 5.94. The smallest absolute Gasteiger partial charge is 0.275 e. The molecule has 0 saturated heterocycles. The van der Waals surface area contributed by atoms with Gasteiger partial charge in [0.1, 0.15) is 5.75 Å². The fourth-order valence-electron chi connectivity index (χ4n) is 3.37. The number of nitrogens with one attached hydrogen (secondary N) is 1. The Morgan fingerprint density at radius 1 is 1.16 bits per heavy atom. The fourth-order valence-corrected chi connectivity index (χ4v) is 3.86. The SMILES string of the molecule is COc1ccc(Br)cc1C(=O)N/N=C\c1cn(Cc2ccc(Cl)cc2)c2ccccc12. The van der Waals surface area contributed by atoms with Gasteiger partial charge in [-0.1, -0.05) is 57.9 Å². The molecule has 0 aliphatic carbocycles. The first kappa shape index (κ1) is 21.2. The molecule has 7 heteroatoms. The lowest BCUT2D eigenvalue weighted by molar-refractivity contribution is 0.0952. The molecule has 3 aromatic carbocycles. The van der Waals surface area contributed by atoms with Gasteiger partial charge in [-0.3, -0.25) is 4.79 Å². The molecule has 0 spiro atoms. The molecule has 0 radical (unpaired) electrons. The van der Waals surface area contributed by atoms with Gasteiger partial charge in [0.05, 0.1) is 18.9 Å². The van der Waals surface area contributed by atoms with Crippen molar-refractivity contribution in [2.45, 2.75) is 6.54 Å². The second-order valence-corrected chi connectivity index (χ2v) is 8.25. The van der Waals surface area contributed by atoms with Crippen LogP contribution in [0.3, 0.4) is 0 Å². The van der Waals surface area contributed by atoms with E-state index in [9.17, 15) is 4.79 Å². The molecule has 31 heavy (non-hydrogen) atoms. The molecule has 0 saturated carbocycles. The summed E-state index contributed by atoms with van der Waals surface area (Å²) in [7, 11) is 1.53. The Balaban J connectivity index is 1.57. The minimum atomic E-state index is -0.348. The van der Waals surface area contributed by atoms with Crippen LogP contribution in [0, 0.1) is 0 Å². The number of methoxy groups -OCH3 is 1. The van der Waals surface area contributed by atoms with Crippen LogP contribution < -0.4 is 10.2 Å². The van der Waals surface area contributed by atoms with Crippen molar-refractivity contribution in [2.24, 2.45) is 5.10 Å². The minimum absolute atomic E-state index is 0.348. The molecular weight excluding hydrogens is 478 g/mol. The zero-order valence-electron chi connectivity index (χ0n) is 16.7. The van der Waals surface area contributed by atoms with Crippen LogP contribution >= 0.6 is 27.5 Å². The highest BCUT2D eigenvalue weighted by molar-refractivity contribution is 9.10. The summed E-state index contributed by atoms with van der Waals surface area (Å²) in [6, 6.07) is 21.1. The first-order valence-corrected chi connectivity index (χ1v) is 10.7. The Bertz CT molecular complexity index is 1270. The molecule has 0 bridgehead atoms. The highest BCUT2D eigenvalue weighted by Crippen LogP contribution is 2.24. The van der Waals surface area contributed by atoms with E-state index in [4.69, 9.17) is 16.3 Å². The lowest BCUT2D eigenvalue weighted by Gasteiger charge is -2.07. The summed E-state index contributed by atoms with van der Waals surface area (Å²) in [5.41, 5.74) is 6.12. The van der Waals surface area contributed by atoms with Gasteiger partial charge in [0.2, 0.25) is 0 Å². The second-order valence-electron chi connectivity index (χ2n) is 6.90. The maximum Gasteiger partial charge on any atom is 0.275 e. The van der Waals surface area contributed by atoms with Gasteiger partial charge in [-0.15, -0.1) is 0 Å². The summed E-state index contributed by atoms with van der Waals surface area (Å²) in [6.07, 6.45) is 3.68. The second kappa shape index (κ2) is 9.37. The number of hydrogen-bond donors (Lipinski definition) is 1. The summed E-state index contributed by atoms with van der Waals surface area (Å²) >= 11 is 9.37. The third-order valence-electron chi connectivity index (χ3n) is 4.86. The maximum absolute atomic E-state index is 12.6. The van der Waals surface area contributed by atoms with Crippen LogP contribution in [0.5, 0.6) is 5.75 Å². The van der Waals surface area contributed by atoms with Gasteiger partial charge in [0.25, 0.3) is 5.91 Å². The van der Waals surface area contributed by atoms with E-state index in [1.54, 1.807) is 18.3 Å². The number of nitrogens with zero attached hydrogens (tertiary/aromatic N) is 2. The molecule has 4 aromatic rings. The average Bonchev–Trinajstić information content (AvgIpc) is 3.12. The third kappa shape index (κ3) is 4.81. The summed E-state index contributed by atoms with van der Waals surface area (Å²) in [6.45, 7) is 0.702. The molecule has 0 aliphatic rings. The summed E-state index contributed by atoms with van der Waals surface area (Å²) in [4.78, 5) is 12.6. The predicted octanol–water partition coefficient (Wildman–Crippen LogP) is 5.88. The first-order chi connectivity index (χ1) is 15.0. The Morgan fingerprint density at radius 2 is 1.94 bits per heavy atom. The maximum atomic E-state index is 12.6. The lowest BCUT2D eigenvalue weighted by Crippen LogP contribution is -2.18. The molecule has 5 nitrogen and oxygen atoms in total. The van der Waals surface area contributed by atoms with E-state index < -0.39 is 0 Å². The Morgan fingerprint density at radius 3 is 2.71 bits per heavy atom. The molecule has 1 N–H and O–H groups in total. The van der Waals surface area contributed by atoms with Crippen molar-refractivity contribution in [3.63, 3.8) is 0 Å². The van der Waals surface area contributed by atoms with Gasteiger partial charge in [0, 0.05) is 38.7 Å². The van der Waals surface area contributed by atoms with E-state index in [0.717, 1.165) is 26.5 Å². The zero-order valence-corrected chi connectivity index (χ0v) is 19.0. The van der Waals surface area contributed by atoms with Gasteiger partial charge in [0.15, 0.2) is 0 Å². The normalized spacial score (nSPS) is 11.2. The lowest BCUT2D eigenvalue weighted by atomic mass is 10.2. The van der Waals surface area contributed by atoms with Crippen molar-refractivity contribution >= 4 is 50.6 Å². The molecule has 156 valence electrons. The minimum Gasteiger partial charge on any atom is -0.496 e. The third-order valence-corrected chi connectivity index (χ3v) is 5.61. The first-order valence-electron chi connectivity index (χ1n) is 9.54. The Labute approximate surface area is 193 Å². The Kier molecular flexibility index (Phi) is 6.39. The highest BCUT2D eigenvalue weighted by atomic mass is 79.9. The largest absolute Gasteiger partial charge is 0.496 e. The molecule has 1 aromatic heterocycles. The zero-order chi connectivity index (χ0) is 21.8. The van der Waals surface area contributed by atoms with E-state index in [1.807, 2.05) is 54.7 Å². The van der Waals surface area contributed by atoms with Crippen LogP contribution in [0.25, 0.3) is 10.9 Å². The van der Waals surface area contributed by atoms with Crippen LogP contribution in [-0.4, -0.2) is 23.8 Å². The number of rotatable bonds is 6. The van der Waals surface area contributed by atoms with Crippen LogP contribution in [0.4, 0.5) is 0 Å². The topological polar surface area (TPSA) is 55.6 Å². The van der Waals surface area contributed by atoms with Crippen molar-refractivity contribution < 1.29 is 9.53 Å². The van der Waals surface area contributed by atoms with Crippen molar-refractivity contribution in [1.29, 1.82) is 0 Å². The van der Waals surface area contributed by atoms with E-state index in [0.29, 0.717) is 22.9 Å². The monoisotopic (exact) mass is 495 g/mol. The van der Waals surface area contributed by atoms with E-state index in [1.165, 1.54) is 7.11 Å². The highest BCUT2D eigenvalue weighted by Gasteiger charge is 2.12. The van der Waals surface area contributed by atoms with Crippen LogP contribution in [-0.2, 0) is 6.54 Å². The number of amides is 1. The van der Waals surface area contributed by atoms with Crippen molar-refractivity contribution in [1.82, 2.24) is 9.99 Å². The van der Waals surface area contributed by atoms with Gasteiger partial charge in [-0.2, -0.15) is 5.10 Å². The van der Waals surface area contributed by atoms with E-state index in [2.05, 4.69) is 37.1 Å². The van der Waals surface area contributed by atoms with Crippen LogP contribution in [0.15, 0.2) is 82.5 Å². The average molecular weight is 497 g/mol. The van der Waals surface area contributed by atoms with Crippen molar-refractivity contribution in [3.05, 3.63) is 99.1 Å². The number of fused-ring (bicyclic) bond motifs is 1.